The van der Waals surface area contributed by atoms with Crippen LogP contribution in [0.4, 0.5) is 4.39 Å². The van der Waals surface area contributed by atoms with Crippen LogP contribution in [0.1, 0.15) is 26.7 Å². The van der Waals surface area contributed by atoms with Gasteiger partial charge in [-0.25, -0.2) is 4.39 Å². The van der Waals surface area contributed by atoms with E-state index in [-0.39, 0.29) is 36.2 Å². The number of halogens is 1. The smallest absolute Gasteiger partial charge is 0.258 e. The number of benzene rings is 1. The Bertz CT molecular complexity index is 537. The van der Waals surface area contributed by atoms with Crippen LogP contribution in [0.15, 0.2) is 24.3 Å². The van der Waals surface area contributed by atoms with Crippen LogP contribution in [-0.2, 0) is 9.59 Å². The van der Waals surface area contributed by atoms with Crippen molar-refractivity contribution < 1.29 is 18.7 Å². The fourth-order valence-corrected chi connectivity index (χ4v) is 2.56. The highest BCUT2D eigenvalue weighted by Crippen LogP contribution is 2.14. The van der Waals surface area contributed by atoms with Crippen LogP contribution >= 0.6 is 0 Å². The third kappa shape index (κ3) is 5.23. The predicted molar refractivity (Wildman–Crippen MR) is 84.5 cm³/mol. The number of rotatable bonds is 5. The largest absolute Gasteiger partial charge is 0.484 e. The summed E-state index contributed by atoms with van der Waals surface area (Å²) in [6, 6.07) is 5.61. The standard InChI is InChI=1S/C17H23FN2O3/c1-12(2)17(22)20-9-7-14(8-10-20)19-16(21)11-23-15-5-3-13(18)4-6-15/h3-6,12,14H,7-11H2,1-2H3,(H,19,21). The summed E-state index contributed by atoms with van der Waals surface area (Å²) < 4.78 is 18.1. The molecule has 2 amide bonds. The van der Waals surface area contributed by atoms with Gasteiger partial charge < -0.3 is 15.0 Å². The first kappa shape index (κ1) is 17.2. The molecule has 6 heteroatoms. The van der Waals surface area contributed by atoms with E-state index in [2.05, 4.69) is 5.32 Å². The molecule has 1 aliphatic heterocycles. The van der Waals surface area contributed by atoms with Crippen molar-refractivity contribution in [3.8, 4) is 5.75 Å². The Balaban J connectivity index is 1.70. The second-order valence-corrected chi connectivity index (χ2v) is 6.06. The molecule has 5 nitrogen and oxygen atoms in total. The molecule has 0 unspecified atom stereocenters. The molecule has 0 spiro atoms. The average molecular weight is 322 g/mol. The van der Waals surface area contributed by atoms with Gasteiger partial charge in [0.15, 0.2) is 6.61 Å². The van der Waals surface area contributed by atoms with Crippen LogP contribution in [0.3, 0.4) is 0 Å². The zero-order valence-corrected chi connectivity index (χ0v) is 13.5. The van der Waals surface area contributed by atoms with E-state index in [0.29, 0.717) is 18.8 Å². The highest BCUT2D eigenvalue weighted by Gasteiger charge is 2.25. The second kappa shape index (κ2) is 7.94. The highest BCUT2D eigenvalue weighted by molar-refractivity contribution is 5.79. The normalized spacial score (nSPS) is 15.6. The lowest BCUT2D eigenvalue weighted by Gasteiger charge is -2.33. The van der Waals surface area contributed by atoms with Gasteiger partial charge in [0.1, 0.15) is 11.6 Å². The minimum Gasteiger partial charge on any atom is -0.484 e. The van der Waals surface area contributed by atoms with Crippen molar-refractivity contribution in [1.29, 1.82) is 0 Å². The molecule has 1 heterocycles. The van der Waals surface area contributed by atoms with E-state index in [1.165, 1.54) is 24.3 Å². The Morgan fingerprint density at radius 2 is 1.87 bits per heavy atom. The molecule has 1 aromatic carbocycles. The van der Waals surface area contributed by atoms with E-state index in [1.807, 2.05) is 18.7 Å². The topological polar surface area (TPSA) is 58.6 Å². The quantitative estimate of drug-likeness (QED) is 0.902. The van der Waals surface area contributed by atoms with Crippen molar-refractivity contribution in [3.05, 3.63) is 30.1 Å². The number of ether oxygens (including phenoxy) is 1. The van der Waals surface area contributed by atoms with Crippen LogP contribution < -0.4 is 10.1 Å². The van der Waals surface area contributed by atoms with Crippen LogP contribution in [0.5, 0.6) is 5.75 Å². The summed E-state index contributed by atoms with van der Waals surface area (Å²) in [4.78, 5) is 25.6. The first-order valence-corrected chi connectivity index (χ1v) is 7.92. The molecule has 1 saturated heterocycles. The number of likely N-dealkylation sites (tertiary alicyclic amines) is 1. The van der Waals surface area contributed by atoms with Gasteiger partial charge in [0.25, 0.3) is 5.91 Å². The van der Waals surface area contributed by atoms with Gasteiger partial charge in [-0.2, -0.15) is 0 Å². The molecule has 1 N–H and O–H groups in total. The highest BCUT2D eigenvalue weighted by atomic mass is 19.1. The summed E-state index contributed by atoms with van der Waals surface area (Å²) in [5.74, 6) is 0.0750. The van der Waals surface area contributed by atoms with Gasteiger partial charge in [-0.15, -0.1) is 0 Å². The zero-order chi connectivity index (χ0) is 16.8. The summed E-state index contributed by atoms with van der Waals surface area (Å²) in [6.45, 7) is 5.02. The van der Waals surface area contributed by atoms with Gasteiger partial charge >= 0.3 is 0 Å². The monoisotopic (exact) mass is 322 g/mol. The fraction of sp³-hybridized carbons (Fsp3) is 0.529. The Morgan fingerprint density at radius 3 is 2.43 bits per heavy atom. The zero-order valence-electron chi connectivity index (χ0n) is 13.5. The van der Waals surface area contributed by atoms with Gasteiger partial charge in [0, 0.05) is 25.0 Å². The van der Waals surface area contributed by atoms with Gasteiger partial charge in [0.2, 0.25) is 5.91 Å². The van der Waals surface area contributed by atoms with Gasteiger partial charge in [-0.1, -0.05) is 13.8 Å². The number of piperidine rings is 1. The number of nitrogens with one attached hydrogen (secondary N) is 1. The molecule has 0 atom stereocenters. The Labute approximate surface area is 135 Å². The van der Waals surface area contributed by atoms with Crippen LogP contribution in [0.25, 0.3) is 0 Å². The third-order valence-electron chi connectivity index (χ3n) is 3.85. The van der Waals surface area contributed by atoms with Gasteiger partial charge in [-0.3, -0.25) is 9.59 Å². The molecule has 0 bridgehead atoms. The van der Waals surface area contributed by atoms with Crippen molar-refractivity contribution in [1.82, 2.24) is 10.2 Å². The van der Waals surface area contributed by atoms with E-state index in [1.54, 1.807) is 0 Å². The van der Waals surface area contributed by atoms with Gasteiger partial charge in [0.05, 0.1) is 0 Å². The van der Waals surface area contributed by atoms with Crippen molar-refractivity contribution in [2.45, 2.75) is 32.7 Å². The third-order valence-corrected chi connectivity index (χ3v) is 3.85. The Kier molecular flexibility index (Phi) is 5.96. The predicted octanol–water partition coefficient (Wildman–Crippen LogP) is 1.97. The maximum absolute atomic E-state index is 12.8. The van der Waals surface area contributed by atoms with Crippen molar-refractivity contribution in [2.75, 3.05) is 19.7 Å². The number of hydrogen-bond donors (Lipinski definition) is 1. The van der Waals surface area contributed by atoms with Crippen molar-refractivity contribution >= 4 is 11.8 Å². The van der Waals surface area contributed by atoms with E-state index in [0.717, 1.165) is 12.8 Å². The van der Waals surface area contributed by atoms with Crippen molar-refractivity contribution in [3.63, 3.8) is 0 Å². The van der Waals surface area contributed by atoms with Crippen LogP contribution in [0, 0.1) is 11.7 Å². The number of carbonyl (C=O) groups excluding carboxylic acids is 2. The van der Waals surface area contributed by atoms with Crippen LogP contribution in [-0.4, -0.2) is 42.5 Å². The first-order chi connectivity index (χ1) is 11.0. The number of carbonyl (C=O) groups is 2. The molecule has 23 heavy (non-hydrogen) atoms. The molecular weight excluding hydrogens is 299 g/mol. The summed E-state index contributed by atoms with van der Waals surface area (Å²) in [7, 11) is 0. The summed E-state index contributed by atoms with van der Waals surface area (Å²) in [6.07, 6.45) is 1.50. The fourth-order valence-electron chi connectivity index (χ4n) is 2.56. The van der Waals surface area contributed by atoms with E-state index < -0.39 is 0 Å². The Hall–Kier alpha value is -2.11. The average Bonchev–Trinajstić information content (AvgIpc) is 2.54. The number of hydrogen-bond acceptors (Lipinski definition) is 3. The molecular formula is C17H23FN2O3. The van der Waals surface area contributed by atoms with E-state index in [9.17, 15) is 14.0 Å². The first-order valence-electron chi connectivity index (χ1n) is 7.92. The lowest BCUT2D eigenvalue weighted by molar-refractivity contribution is -0.135. The molecule has 1 aromatic rings. The van der Waals surface area contributed by atoms with Gasteiger partial charge in [-0.05, 0) is 37.1 Å². The SMILES string of the molecule is CC(C)C(=O)N1CCC(NC(=O)COc2ccc(F)cc2)CC1. The molecule has 0 radical (unpaired) electrons. The summed E-state index contributed by atoms with van der Waals surface area (Å²) >= 11 is 0. The van der Waals surface area contributed by atoms with Crippen LogP contribution in [0.2, 0.25) is 0 Å². The van der Waals surface area contributed by atoms with E-state index in [4.69, 9.17) is 4.74 Å². The molecule has 0 aromatic heterocycles. The van der Waals surface area contributed by atoms with Crippen molar-refractivity contribution in [2.24, 2.45) is 5.92 Å². The minimum atomic E-state index is -0.343. The molecule has 1 aliphatic rings. The Morgan fingerprint density at radius 1 is 1.26 bits per heavy atom. The number of nitrogens with zero attached hydrogens (tertiary/aromatic N) is 1. The second-order valence-electron chi connectivity index (χ2n) is 6.06. The molecule has 0 aliphatic carbocycles. The minimum absolute atomic E-state index is 0.00486. The lowest BCUT2D eigenvalue weighted by Crippen LogP contribution is -2.48. The molecule has 0 saturated carbocycles. The lowest BCUT2D eigenvalue weighted by atomic mass is 10.0. The van der Waals surface area contributed by atoms with E-state index >= 15 is 0 Å². The molecule has 1 fully saturated rings. The molecule has 2 rings (SSSR count). The maximum Gasteiger partial charge on any atom is 0.258 e. The molecule has 126 valence electrons. The number of amides is 2. The maximum atomic E-state index is 12.8. The summed E-state index contributed by atoms with van der Waals surface area (Å²) in [5, 5.41) is 2.91. The summed E-state index contributed by atoms with van der Waals surface area (Å²) in [5.41, 5.74) is 0.